The molecule has 0 bridgehead atoms. The largest absolute Gasteiger partial charge is 0.476 e. The van der Waals surface area contributed by atoms with Crippen LogP contribution in [0.4, 0.5) is 0 Å². The van der Waals surface area contributed by atoms with Crippen molar-refractivity contribution in [2.45, 2.75) is 57.4 Å². The van der Waals surface area contributed by atoms with Gasteiger partial charge in [0.25, 0.3) is 0 Å². The normalized spacial score (nSPS) is 20.5. The summed E-state index contributed by atoms with van der Waals surface area (Å²) in [7, 11) is 0. The fraction of sp³-hybridized carbons (Fsp3) is 0.692. The Bertz CT molecular complexity index is 445. The molecule has 0 unspecified atom stereocenters. The summed E-state index contributed by atoms with van der Waals surface area (Å²) >= 11 is 0. The molecule has 1 aromatic rings. The van der Waals surface area contributed by atoms with Crippen LogP contribution in [0, 0.1) is 0 Å². The third kappa shape index (κ3) is 1.75. The van der Waals surface area contributed by atoms with Crippen LogP contribution in [0.15, 0.2) is 0 Å². The lowest BCUT2D eigenvalue weighted by atomic mass is 9.88. The summed E-state index contributed by atoms with van der Waals surface area (Å²) in [5.74, 6) is 0.681. The molecular formula is C13H18N2O2. The first kappa shape index (κ1) is 10.8. The Morgan fingerprint density at radius 3 is 2.71 bits per heavy atom. The van der Waals surface area contributed by atoms with E-state index in [0.29, 0.717) is 11.6 Å². The number of imidazole rings is 1. The predicted molar refractivity (Wildman–Crippen MR) is 63.3 cm³/mol. The van der Waals surface area contributed by atoms with Crippen LogP contribution in [0.25, 0.3) is 0 Å². The Kier molecular flexibility index (Phi) is 2.65. The Balaban J connectivity index is 1.99. The van der Waals surface area contributed by atoms with E-state index in [4.69, 9.17) is 0 Å². The van der Waals surface area contributed by atoms with Gasteiger partial charge in [0.2, 0.25) is 0 Å². The molecule has 0 radical (unpaired) electrons. The Morgan fingerprint density at radius 2 is 2.00 bits per heavy atom. The van der Waals surface area contributed by atoms with Crippen LogP contribution in [0.3, 0.4) is 0 Å². The summed E-state index contributed by atoms with van der Waals surface area (Å²) < 4.78 is 2.18. The number of hydrogen-bond acceptors (Lipinski definition) is 2. The maximum Gasteiger partial charge on any atom is 0.356 e. The molecule has 0 spiro atoms. The fourth-order valence-electron chi connectivity index (χ4n) is 3.26. The van der Waals surface area contributed by atoms with Crippen LogP contribution in [-0.4, -0.2) is 20.6 Å². The van der Waals surface area contributed by atoms with Gasteiger partial charge in [0.05, 0.1) is 5.69 Å². The second-order valence-corrected chi connectivity index (χ2v) is 5.16. The van der Waals surface area contributed by atoms with Crippen LogP contribution in [-0.2, 0) is 13.0 Å². The molecule has 1 aliphatic heterocycles. The molecule has 2 aliphatic rings. The summed E-state index contributed by atoms with van der Waals surface area (Å²) in [4.78, 5) is 15.6. The predicted octanol–water partition coefficient (Wildman–Crippen LogP) is 2.58. The number of aromatic carboxylic acids is 1. The third-order valence-corrected chi connectivity index (χ3v) is 4.07. The first-order valence-electron chi connectivity index (χ1n) is 6.60. The molecule has 92 valence electrons. The molecule has 0 atom stereocenters. The minimum Gasteiger partial charge on any atom is -0.476 e. The van der Waals surface area contributed by atoms with Crippen molar-refractivity contribution in [2.24, 2.45) is 0 Å². The molecule has 17 heavy (non-hydrogen) atoms. The highest BCUT2D eigenvalue weighted by molar-refractivity contribution is 5.87. The van der Waals surface area contributed by atoms with Gasteiger partial charge in [-0.3, -0.25) is 0 Å². The summed E-state index contributed by atoms with van der Waals surface area (Å²) in [6, 6.07) is 0. The van der Waals surface area contributed by atoms with Crippen LogP contribution < -0.4 is 0 Å². The van der Waals surface area contributed by atoms with E-state index < -0.39 is 5.97 Å². The molecule has 0 aromatic carbocycles. The molecule has 1 aliphatic carbocycles. The van der Waals surface area contributed by atoms with Gasteiger partial charge in [0, 0.05) is 12.5 Å². The smallest absolute Gasteiger partial charge is 0.356 e. The van der Waals surface area contributed by atoms with Gasteiger partial charge in [-0.2, -0.15) is 0 Å². The number of fused-ring (bicyclic) bond motifs is 1. The summed E-state index contributed by atoms with van der Waals surface area (Å²) in [6.07, 6.45) is 8.13. The van der Waals surface area contributed by atoms with Crippen molar-refractivity contribution in [3.05, 3.63) is 17.2 Å². The minimum atomic E-state index is -0.863. The number of rotatable bonds is 2. The molecule has 1 aromatic heterocycles. The second-order valence-electron chi connectivity index (χ2n) is 5.16. The monoisotopic (exact) mass is 234 g/mol. The van der Waals surface area contributed by atoms with E-state index in [2.05, 4.69) is 9.55 Å². The maximum atomic E-state index is 11.2. The van der Waals surface area contributed by atoms with Crippen LogP contribution in [0.5, 0.6) is 0 Å². The van der Waals surface area contributed by atoms with E-state index in [-0.39, 0.29) is 0 Å². The van der Waals surface area contributed by atoms with Gasteiger partial charge in [0.15, 0.2) is 5.69 Å². The number of carboxylic acids is 1. The van der Waals surface area contributed by atoms with Crippen molar-refractivity contribution < 1.29 is 9.90 Å². The van der Waals surface area contributed by atoms with E-state index in [1.165, 1.54) is 32.1 Å². The SMILES string of the molecule is O=C(O)c1nc(C2CCCCC2)n2c1CCC2. The van der Waals surface area contributed by atoms with E-state index in [1.807, 2.05) is 0 Å². The molecule has 0 amide bonds. The van der Waals surface area contributed by atoms with Crippen molar-refractivity contribution in [2.75, 3.05) is 0 Å². The van der Waals surface area contributed by atoms with Gasteiger partial charge in [-0.1, -0.05) is 19.3 Å². The standard InChI is InChI=1S/C13H18N2O2/c16-13(17)11-10-7-4-8-15(10)12(14-11)9-5-2-1-3-6-9/h9H,1-8H2,(H,16,17). The lowest BCUT2D eigenvalue weighted by Crippen LogP contribution is -2.11. The van der Waals surface area contributed by atoms with E-state index in [1.54, 1.807) is 0 Å². The van der Waals surface area contributed by atoms with E-state index >= 15 is 0 Å². The molecule has 2 heterocycles. The highest BCUT2D eigenvalue weighted by Crippen LogP contribution is 2.35. The topological polar surface area (TPSA) is 55.1 Å². The first-order chi connectivity index (χ1) is 8.27. The van der Waals surface area contributed by atoms with Crippen molar-refractivity contribution in [3.8, 4) is 0 Å². The van der Waals surface area contributed by atoms with Crippen LogP contribution >= 0.6 is 0 Å². The van der Waals surface area contributed by atoms with Crippen LogP contribution in [0.1, 0.15) is 66.4 Å². The molecule has 4 nitrogen and oxygen atoms in total. The average molecular weight is 234 g/mol. The Morgan fingerprint density at radius 1 is 1.24 bits per heavy atom. The molecule has 3 rings (SSSR count). The zero-order valence-electron chi connectivity index (χ0n) is 9.98. The van der Waals surface area contributed by atoms with E-state index in [9.17, 15) is 9.90 Å². The van der Waals surface area contributed by atoms with E-state index in [0.717, 1.165) is 30.9 Å². The van der Waals surface area contributed by atoms with Gasteiger partial charge in [-0.05, 0) is 25.7 Å². The molecule has 1 N–H and O–H groups in total. The number of hydrogen-bond donors (Lipinski definition) is 1. The van der Waals surface area contributed by atoms with Crippen molar-refractivity contribution >= 4 is 5.97 Å². The third-order valence-electron chi connectivity index (χ3n) is 4.07. The molecule has 4 heteroatoms. The number of carbonyl (C=O) groups is 1. The van der Waals surface area contributed by atoms with Crippen molar-refractivity contribution in [3.63, 3.8) is 0 Å². The summed E-state index contributed by atoms with van der Waals surface area (Å²) in [6.45, 7) is 0.960. The van der Waals surface area contributed by atoms with Gasteiger partial charge in [0.1, 0.15) is 5.82 Å². The average Bonchev–Trinajstić information content (AvgIpc) is 2.90. The van der Waals surface area contributed by atoms with Gasteiger partial charge in [-0.25, -0.2) is 9.78 Å². The number of nitrogens with zero attached hydrogens (tertiary/aromatic N) is 2. The lowest BCUT2D eigenvalue weighted by Gasteiger charge is -2.21. The fourth-order valence-corrected chi connectivity index (χ4v) is 3.26. The van der Waals surface area contributed by atoms with Gasteiger partial charge >= 0.3 is 5.97 Å². The zero-order valence-corrected chi connectivity index (χ0v) is 9.98. The summed E-state index contributed by atoms with van der Waals surface area (Å²) in [5.41, 5.74) is 1.26. The molecule has 1 fully saturated rings. The molecule has 1 saturated carbocycles. The second kappa shape index (κ2) is 4.17. The highest BCUT2D eigenvalue weighted by atomic mass is 16.4. The van der Waals surface area contributed by atoms with Gasteiger partial charge in [-0.15, -0.1) is 0 Å². The number of carboxylic acid groups (broad SMARTS) is 1. The number of aromatic nitrogens is 2. The lowest BCUT2D eigenvalue weighted by molar-refractivity contribution is 0.0689. The van der Waals surface area contributed by atoms with Crippen LogP contribution in [0.2, 0.25) is 0 Å². The van der Waals surface area contributed by atoms with Gasteiger partial charge < -0.3 is 9.67 Å². The van der Waals surface area contributed by atoms with Crippen molar-refractivity contribution in [1.82, 2.24) is 9.55 Å². The zero-order chi connectivity index (χ0) is 11.8. The highest BCUT2D eigenvalue weighted by Gasteiger charge is 2.29. The Hall–Kier alpha value is -1.32. The minimum absolute atomic E-state index is 0.308. The molecule has 0 saturated heterocycles. The first-order valence-corrected chi connectivity index (χ1v) is 6.60. The summed E-state index contributed by atoms with van der Waals surface area (Å²) in [5, 5.41) is 9.18. The molecular weight excluding hydrogens is 216 g/mol. The maximum absolute atomic E-state index is 11.2. The quantitative estimate of drug-likeness (QED) is 0.855. The van der Waals surface area contributed by atoms with Crippen molar-refractivity contribution in [1.29, 1.82) is 0 Å². The Labute approximate surface area is 101 Å².